The molecule has 0 spiro atoms. The molecule has 0 radical (unpaired) electrons. The highest BCUT2D eigenvalue weighted by Gasteiger charge is 2.37. The third-order valence-corrected chi connectivity index (χ3v) is 4.99. The Morgan fingerprint density at radius 2 is 1.93 bits per heavy atom. The van der Waals surface area contributed by atoms with Crippen molar-refractivity contribution in [1.29, 1.82) is 0 Å². The average Bonchev–Trinajstić information content (AvgIpc) is 3.21. The second-order valence-electron chi connectivity index (χ2n) is 6.84. The fourth-order valence-corrected chi connectivity index (χ4v) is 3.47. The van der Waals surface area contributed by atoms with Crippen molar-refractivity contribution in [3.63, 3.8) is 0 Å². The Kier molecular flexibility index (Phi) is 4.68. The molecule has 4 rings (SSSR count). The highest BCUT2D eigenvalue weighted by Crippen LogP contribution is 2.33. The molecule has 7 heteroatoms. The van der Waals surface area contributed by atoms with Crippen LogP contribution >= 0.6 is 0 Å². The zero-order valence-corrected chi connectivity index (χ0v) is 15.2. The molecular weight excluding hydrogens is 340 g/mol. The molecule has 27 heavy (non-hydrogen) atoms. The Morgan fingerprint density at radius 1 is 1.15 bits per heavy atom. The quantitative estimate of drug-likeness (QED) is 0.604. The molecule has 3 aromatic rings. The molecule has 7 nitrogen and oxygen atoms in total. The van der Waals surface area contributed by atoms with Crippen LogP contribution in [-0.4, -0.2) is 39.0 Å². The number of hydrogen-bond acceptors (Lipinski definition) is 6. The lowest BCUT2D eigenvalue weighted by molar-refractivity contribution is 0.101. The molecule has 1 aliphatic rings. The van der Waals surface area contributed by atoms with Gasteiger partial charge in [0.15, 0.2) is 17.4 Å². The Balaban J connectivity index is 1.68. The van der Waals surface area contributed by atoms with Gasteiger partial charge in [-0.25, -0.2) is 4.98 Å². The Bertz CT molecular complexity index is 930. The zero-order valence-electron chi connectivity index (χ0n) is 15.2. The van der Waals surface area contributed by atoms with Crippen LogP contribution in [0.25, 0.3) is 11.4 Å². The summed E-state index contributed by atoms with van der Waals surface area (Å²) in [6, 6.07) is 11.4. The molecular formula is C20H22N6O. The Hall–Kier alpha value is -3.06. The number of rotatable bonds is 5. The maximum absolute atomic E-state index is 11.7. The predicted molar refractivity (Wildman–Crippen MR) is 103 cm³/mol. The van der Waals surface area contributed by atoms with E-state index in [0.29, 0.717) is 11.4 Å². The molecule has 0 amide bonds. The van der Waals surface area contributed by atoms with Gasteiger partial charge in [0.05, 0.1) is 5.54 Å². The lowest BCUT2D eigenvalue weighted by Crippen LogP contribution is -2.46. The fraction of sp³-hybridized carbons (Fsp3) is 0.300. The number of ketones is 1. The van der Waals surface area contributed by atoms with E-state index in [1.807, 2.05) is 36.4 Å². The first-order valence-electron chi connectivity index (χ1n) is 9.09. The number of pyridine rings is 1. The first-order valence-corrected chi connectivity index (χ1v) is 9.09. The normalized spacial score (nSPS) is 16.0. The van der Waals surface area contributed by atoms with E-state index in [0.717, 1.165) is 43.0 Å². The number of Topliss-reactive ketones (excluding diaryl/α,β-unsaturated/α-hetero) is 1. The van der Waals surface area contributed by atoms with E-state index in [1.54, 1.807) is 19.3 Å². The number of benzene rings is 1. The van der Waals surface area contributed by atoms with Gasteiger partial charge < -0.3 is 10.6 Å². The van der Waals surface area contributed by atoms with Crippen molar-refractivity contribution in [3.05, 3.63) is 60.2 Å². The monoisotopic (exact) mass is 362 g/mol. The van der Waals surface area contributed by atoms with Gasteiger partial charge in [-0.1, -0.05) is 12.1 Å². The van der Waals surface area contributed by atoms with Crippen molar-refractivity contribution in [2.75, 3.05) is 18.4 Å². The van der Waals surface area contributed by atoms with Gasteiger partial charge in [0.25, 0.3) is 0 Å². The third-order valence-electron chi connectivity index (χ3n) is 4.99. The van der Waals surface area contributed by atoms with Crippen LogP contribution in [0.1, 0.15) is 35.9 Å². The minimum Gasteiger partial charge on any atom is -0.373 e. The summed E-state index contributed by atoms with van der Waals surface area (Å²) >= 11 is 0. The van der Waals surface area contributed by atoms with Gasteiger partial charge in [-0.15, -0.1) is 0 Å². The Labute approximate surface area is 157 Å². The number of nitrogens with zero attached hydrogens (tertiary/aromatic N) is 3. The maximum atomic E-state index is 11.7. The van der Waals surface area contributed by atoms with Gasteiger partial charge in [0, 0.05) is 29.2 Å². The minimum atomic E-state index is -0.362. The third kappa shape index (κ3) is 3.59. The van der Waals surface area contributed by atoms with Crippen LogP contribution < -0.4 is 10.6 Å². The van der Waals surface area contributed by atoms with Crippen LogP contribution in [0.2, 0.25) is 0 Å². The molecule has 1 aromatic carbocycles. The van der Waals surface area contributed by atoms with E-state index in [1.165, 1.54) is 0 Å². The second-order valence-corrected chi connectivity index (χ2v) is 6.84. The number of nitrogens with one attached hydrogen (secondary N) is 3. The van der Waals surface area contributed by atoms with Crippen molar-refractivity contribution >= 4 is 11.5 Å². The lowest BCUT2D eigenvalue weighted by Gasteiger charge is -2.37. The molecule has 1 fully saturated rings. The number of anilines is 1. The first kappa shape index (κ1) is 17.4. The Morgan fingerprint density at radius 3 is 2.67 bits per heavy atom. The van der Waals surface area contributed by atoms with E-state index < -0.39 is 0 Å². The number of piperidine rings is 1. The van der Waals surface area contributed by atoms with Gasteiger partial charge in [0.1, 0.15) is 0 Å². The second kappa shape index (κ2) is 7.28. The fourth-order valence-electron chi connectivity index (χ4n) is 3.47. The summed E-state index contributed by atoms with van der Waals surface area (Å²) in [4.78, 5) is 20.6. The summed E-state index contributed by atoms with van der Waals surface area (Å²) in [5.74, 6) is 1.52. The molecule has 0 bridgehead atoms. The van der Waals surface area contributed by atoms with Crippen molar-refractivity contribution in [2.45, 2.75) is 25.3 Å². The van der Waals surface area contributed by atoms with Gasteiger partial charge >= 0.3 is 0 Å². The summed E-state index contributed by atoms with van der Waals surface area (Å²) in [6.07, 6.45) is 5.19. The number of H-pyrrole nitrogens is 1. The molecule has 1 aliphatic heterocycles. The smallest absolute Gasteiger partial charge is 0.181 e. The van der Waals surface area contributed by atoms with E-state index in [9.17, 15) is 4.79 Å². The number of carbonyl (C=O) groups excluding carboxylic acids is 1. The van der Waals surface area contributed by atoms with Gasteiger partial charge in [-0.2, -0.15) is 5.10 Å². The molecule has 0 atom stereocenters. The maximum Gasteiger partial charge on any atom is 0.181 e. The standard InChI is InChI=1S/C20H22N6O/c1-14(27)16-3-2-4-17(13-16)24-20(7-11-22-12-8-20)19-23-18(25-26-19)15-5-9-21-10-6-15/h2-6,9-10,13,22,24H,7-8,11-12H2,1H3,(H,23,25,26). The summed E-state index contributed by atoms with van der Waals surface area (Å²) in [6.45, 7) is 3.34. The van der Waals surface area contributed by atoms with E-state index in [-0.39, 0.29) is 11.3 Å². The predicted octanol–water partition coefficient (Wildman–Crippen LogP) is 2.76. The summed E-state index contributed by atoms with van der Waals surface area (Å²) in [5.41, 5.74) is 2.17. The lowest BCUT2D eigenvalue weighted by atomic mass is 9.87. The largest absolute Gasteiger partial charge is 0.373 e. The number of aromatic amines is 1. The van der Waals surface area contributed by atoms with E-state index in [2.05, 4.69) is 25.8 Å². The van der Waals surface area contributed by atoms with Crippen LogP contribution in [0, 0.1) is 0 Å². The van der Waals surface area contributed by atoms with Crippen LogP contribution in [-0.2, 0) is 5.54 Å². The molecule has 2 aromatic heterocycles. The summed E-state index contributed by atoms with van der Waals surface area (Å²) in [7, 11) is 0. The van der Waals surface area contributed by atoms with Crippen LogP contribution in [0.15, 0.2) is 48.8 Å². The average molecular weight is 362 g/mol. The van der Waals surface area contributed by atoms with E-state index in [4.69, 9.17) is 4.98 Å². The first-order chi connectivity index (χ1) is 13.2. The molecule has 0 saturated carbocycles. The zero-order chi connectivity index (χ0) is 18.7. The molecule has 1 saturated heterocycles. The van der Waals surface area contributed by atoms with Crippen molar-refractivity contribution < 1.29 is 4.79 Å². The van der Waals surface area contributed by atoms with Gasteiger partial charge in [0.2, 0.25) is 0 Å². The van der Waals surface area contributed by atoms with Crippen molar-refractivity contribution in [2.24, 2.45) is 0 Å². The van der Waals surface area contributed by atoms with Gasteiger partial charge in [-0.3, -0.25) is 14.9 Å². The van der Waals surface area contributed by atoms with Gasteiger partial charge in [-0.05, 0) is 57.1 Å². The summed E-state index contributed by atoms with van der Waals surface area (Å²) in [5, 5.41) is 14.6. The van der Waals surface area contributed by atoms with Crippen LogP contribution in [0.4, 0.5) is 5.69 Å². The molecule has 0 aliphatic carbocycles. The molecule has 138 valence electrons. The summed E-state index contributed by atoms with van der Waals surface area (Å²) < 4.78 is 0. The SMILES string of the molecule is CC(=O)c1cccc(NC2(c3nc(-c4ccncc4)n[nH]3)CCNCC2)c1. The highest BCUT2D eigenvalue weighted by atomic mass is 16.1. The minimum absolute atomic E-state index is 0.0534. The van der Waals surface area contributed by atoms with Crippen molar-refractivity contribution in [3.8, 4) is 11.4 Å². The van der Waals surface area contributed by atoms with Crippen LogP contribution in [0.3, 0.4) is 0 Å². The number of aromatic nitrogens is 4. The number of carbonyl (C=O) groups is 1. The van der Waals surface area contributed by atoms with Crippen molar-refractivity contribution in [1.82, 2.24) is 25.5 Å². The van der Waals surface area contributed by atoms with E-state index >= 15 is 0 Å². The molecule has 3 N–H and O–H groups in total. The molecule has 3 heterocycles. The number of hydrogen-bond donors (Lipinski definition) is 3. The highest BCUT2D eigenvalue weighted by molar-refractivity contribution is 5.94. The molecule has 0 unspecified atom stereocenters. The topological polar surface area (TPSA) is 95.6 Å². The van der Waals surface area contributed by atoms with Crippen LogP contribution in [0.5, 0.6) is 0 Å².